The summed E-state index contributed by atoms with van der Waals surface area (Å²) in [6.45, 7) is -4.17. The van der Waals surface area contributed by atoms with Crippen LogP contribution in [0.5, 0.6) is 0 Å². The largest absolute Gasteiger partial charge is 0.368 e. The molecule has 7 aromatic rings. The Labute approximate surface area is 744 Å². The number of aromatic nitrogens is 12. The Balaban J connectivity index is 1.09. The number of carbonyl (C=O) groups is 14. The van der Waals surface area contributed by atoms with Crippen LogP contribution < -0.4 is 121 Å². The zero-order chi connectivity index (χ0) is 97.5. The van der Waals surface area contributed by atoms with Crippen LogP contribution in [-0.4, -0.2) is 282 Å². The molecule has 132 heavy (non-hydrogen) atoms. The molecule has 0 bridgehead atoms. The Morgan fingerprint density at radius 2 is 0.621 bits per heavy atom. The highest BCUT2D eigenvalue weighted by Crippen LogP contribution is 2.27. The first kappa shape index (κ1) is 103. The molecule has 0 radical (unpaired) electrons. The van der Waals surface area contributed by atoms with Crippen molar-refractivity contribution in [1.82, 2.24) is 114 Å². The molecule has 17 N–H and O–H groups in total. The molecule has 53 heteroatoms. The summed E-state index contributed by atoms with van der Waals surface area (Å²) >= 11 is 0. The number of hydrogen-bond acceptors (Lipinski definition) is 27. The highest BCUT2D eigenvalue weighted by molar-refractivity contribution is 6.02. The van der Waals surface area contributed by atoms with Crippen LogP contribution in [-0.2, 0) is 106 Å². The number of H-pyrrole nitrogens is 6. The van der Waals surface area contributed by atoms with Crippen LogP contribution in [0.25, 0.3) is 0 Å². The number of aryl methyl sites for hydroxylation is 6. The number of unbranched alkanes of at least 4 members (excludes halogenated alkanes) is 1. The van der Waals surface area contributed by atoms with E-state index in [-0.39, 0.29) is 70.8 Å². The minimum atomic E-state index is -1.19. The summed E-state index contributed by atoms with van der Waals surface area (Å²) in [5, 5.41) is 17.6. The fourth-order valence-corrected chi connectivity index (χ4v) is 12.8. The second-order valence-electron chi connectivity index (χ2n) is 30.3. The fourth-order valence-electron chi connectivity index (χ4n) is 12.8. The molecule has 53 nitrogen and oxygen atoms in total. The zero-order valence-electron chi connectivity index (χ0n) is 73.1. The molecule has 0 saturated heterocycles. The fraction of sp³-hybridized carbons (Fsp3) is 0.443. The number of nitrogens with one attached hydrogen (secondary N) is 13. The molecule has 1 aromatic carbocycles. The number of para-hydroxylation sites is 2. The maximum absolute atomic E-state index is 14.8. The molecule has 1 atom stereocenters. The molecule has 710 valence electrons. The molecule has 6 aromatic heterocycles. The van der Waals surface area contributed by atoms with E-state index in [1.165, 1.54) is 72.7 Å². The van der Waals surface area contributed by atoms with E-state index >= 15 is 0 Å². The van der Waals surface area contributed by atoms with Crippen LogP contribution in [0, 0.1) is 41.5 Å². The lowest BCUT2D eigenvalue weighted by molar-refractivity contribution is -0.138. The number of amides is 14. The number of rotatable bonds is 48. The Kier molecular flexibility index (Phi) is 38.0. The van der Waals surface area contributed by atoms with Crippen LogP contribution in [0.4, 0.5) is 11.4 Å². The number of benzene rings is 1. The third kappa shape index (κ3) is 31.4. The van der Waals surface area contributed by atoms with E-state index in [2.05, 4.69) is 67.1 Å². The SMILES string of the molecule is CC(=O)NCCN(CC(=O)NCCN(CC(=O)NCCN(CC(=O)Nc1ccccc1N(CCC(=O)NCCN(CC(=O)NCCN(CC(=O)NC(CCCCN)C(N)=O)C(=O)Cn1cc(C)c(=O)[nH]c1=O)C(=O)Cn1cc(C)c(=O)[nH]c1=O)C(=O)Cn1cc(C)c(=O)[nH]c1=O)C(=O)Cn1cc(C)c(=O)[nH]c1=O)C(=O)Cn1cc(C)c(=O)[nH]c1=O)C(=O)Cn1cc(C)c(=O)[nH]c1=O. The van der Waals surface area contributed by atoms with Gasteiger partial charge in [-0.05, 0) is 79.5 Å². The number of nitrogens with zero attached hydrogens (tertiary/aromatic N) is 12. The van der Waals surface area contributed by atoms with Gasteiger partial charge in [-0.3, -0.25) is 153 Å². The second-order valence-corrected chi connectivity index (χ2v) is 30.3. The average molecular weight is 1850 g/mol. The van der Waals surface area contributed by atoms with Gasteiger partial charge in [0.1, 0.15) is 45.3 Å². The molecule has 0 aliphatic rings. The van der Waals surface area contributed by atoms with E-state index in [1.54, 1.807) is 0 Å². The first-order valence-electron chi connectivity index (χ1n) is 40.9. The van der Waals surface area contributed by atoms with Crippen molar-refractivity contribution in [3.05, 3.63) is 220 Å². The Morgan fingerprint density at radius 3 is 0.917 bits per heavy atom. The highest BCUT2D eigenvalue weighted by Gasteiger charge is 2.30. The van der Waals surface area contributed by atoms with Crippen molar-refractivity contribution in [3.63, 3.8) is 0 Å². The molecule has 6 heterocycles. The van der Waals surface area contributed by atoms with E-state index in [0.29, 0.717) is 12.8 Å². The average Bonchev–Trinajstić information content (AvgIpc) is 0.813. The Hall–Kier alpha value is -16.2. The molecule has 14 amide bonds. The second kappa shape index (κ2) is 48.7. The summed E-state index contributed by atoms with van der Waals surface area (Å²) < 4.78 is 5.06. The minimum absolute atomic E-state index is 0.00683. The van der Waals surface area contributed by atoms with Gasteiger partial charge in [-0.1, -0.05) is 12.1 Å². The van der Waals surface area contributed by atoms with E-state index < -0.39 is 294 Å². The quantitative estimate of drug-likeness (QED) is 0.0158. The van der Waals surface area contributed by atoms with Gasteiger partial charge in [-0.25, -0.2) is 28.8 Å². The van der Waals surface area contributed by atoms with Crippen molar-refractivity contribution >= 4 is 94.1 Å². The van der Waals surface area contributed by atoms with Gasteiger partial charge in [0.05, 0.1) is 44.1 Å². The first-order chi connectivity index (χ1) is 62.4. The maximum Gasteiger partial charge on any atom is 0.328 e. The van der Waals surface area contributed by atoms with Crippen LogP contribution in [0.3, 0.4) is 0 Å². The molecule has 7 rings (SSSR count). The van der Waals surface area contributed by atoms with E-state index in [9.17, 15) is 125 Å². The number of aromatic amines is 6. The monoisotopic (exact) mass is 1850 g/mol. The number of anilines is 2. The van der Waals surface area contributed by atoms with Gasteiger partial charge in [-0.2, -0.15) is 0 Å². The van der Waals surface area contributed by atoms with Gasteiger partial charge in [0.25, 0.3) is 33.4 Å². The van der Waals surface area contributed by atoms with Crippen molar-refractivity contribution in [3.8, 4) is 0 Å². The smallest absolute Gasteiger partial charge is 0.328 e. The third-order valence-electron chi connectivity index (χ3n) is 19.9. The standard InChI is InChI=1S/C79H103N27O26/c1-45-28-100(74(127)89-68(45)121)39-61(114)95(23-17-82-51(7)107)34-56(109)84-19-25-97(63(116)41-102-30-47(3)70(123)91-76(102)129)36-58(111)85-20-26-98(64(117)42-103-31-48(4)71(124)92-77(103)130)37-59(112)87-52-12-8-9-14-54(52)106(66(119)44-105-33-50(6)73(126)94-79(105)132)22-15-55(108)83-18-24-96(62(115)40-101-29-46(2)69(122)90-75(101)128)35-57(110)86-21-27-99(38-60(113)88-53(67(81)120)13-10-11-16-80)65(118)43-104-32-49(5)72(125)93-78(104)131/h8-9,12,14,28-33,53H,10-11,13,15-27,34-44,80H2,1-7H3,(H2,81,120)(H,82,107)(H,83,108)(H,84,109)(H,85,111)(H,86,110)(H,87,112)(H,88,113)(H,89,121,127)(H,90,122,128)(H,91,123,129)(H,92,124,130)(H,93,125,131)(H,94,126,132). The molecule has 1 unspecified atom stereocenters. The molecule has 0 aliphatic heterocycles. The van der Waals surface area contributed by atoms with Crippen LogP contribution in [0.15, 0.2) is 119 Å². The van der Waals surface area contributed by atoms with Gasteiger partial charge >= 0.3 is 34.1 Å². The summed E-state index contributed by atoms with van der Waals surface area (Å²) in [5.41, 5.74) is 0.251. The van der Waals surface area contributed by atoms with Crippen LogP contribution in [0.1, 0.15) is 66.0 Å². The lowest BCUT2D eigenvalue weighted by Gasteiger charge is -2.27. The molecular formula is C79H103N27O26. The lowest BCUT2D eigenvalue weighted by Crippen LogP contribution is -2.51. The van der Waals surface area contributed by atoms with Gasteiger partial charge in [0.15, 0.2) is 0 Å². The molecular weight excluding hydrogens is 1740 g/mol. The summed E-state index contributed by atoms with van der Waals surface area (Å²) in [6.07, 6.45) is 6.82. The summed E-state index contributed by atoms with van der Waals surface area (Å²) in [5.74, 6) is -12.4. The van der Waals surface area contributed by atoms with Crippen molar-refractivity contribution < 1.29 is 67.1 Å². The topological polar surface area (TPSA) is 724 Å². The number of hydrogen-bond donors (Lipinski definition) is 15. The lowest BCUT2D eigenvalue weighted by atomic mass is 10.1. The number of nitrogens with two attached hydrogens (primary N) is 2. The number of primary amides is 1. The van der Waals surface area contributed by atoms with Crippen molar-refractivity contribution in [2.75, 3.05) is 121 Å². The molecule has 0 fully saturated rings. The van der Waals surface area contributed by atoms with E-state index in [4.69, 9.17) is 11.5 Å². The maximum atomic E-state index is 14.8. The van der Waals surface area contributed by atoms with Crippen molar-refractivity contribution in [1.29, 1.82) is 0 Å². The predicted molar refractivity (Wildman–Crippen MR) is 466 cm³/mol. The summed E-state index contributed by atoms with van der Waals surface area (Å²) in [7, 11) is 0. The van der Waals surface area contributed by atoms with Crippen molar-refractivity contribution in [2.24, 2.45) is 11.5 Å². The third-order valence-corrected chi connectivity index (χ3v) is 19.9. The van der Waals surface area contributed by atoms with Gasteiger partial charge < -0.3 is 78.1 Å². The van der Waals surface area contributed by atoms with Crippen LogP contribution >= 0.6 is 0 Å². The highest BCUT2D eigenvalue weighted by atomic mass is 16.2. The summed E-state index contributed by atoms with van der Waals surface area (Å²) in [4.78, 5) is 362. The molecule has 0 aliphatic carbocycles. The Bertz CT molecular complexity index is 6320. The normalized spacial score (nSPS) is 11.1. The van der Waals surface area contributed by atoms with E-state index in [0.717, 1.165) is 94.0 Å². The van der Waals surface area contributed by atoms with Gasteiger partial charge in [0, 0.05) is 156 Å². The van der Waals surface area contributed by atoms with Crippen molar-refractivity contribution in [2.45, 2.75) is 119 Å². The van der Waals surface area contributed by atoms with Crippen LogP contribution in [0.2, 0.25) is 0 Å². The Morgan fingerprint density at radius 1 is 0.348 bits per heavy atom. The minimum Gasteiger partial charge on any atom is -0.368 e. The number of carbonyl (C=O) groups excluding carboxylic acids is 14. The van der Waals surface area contributed by atoms with E-state index in [1.807, 2.05) is 0 Å². The zero-order valence-corrected chi connectivity index (χ0v) is 73.1. The first-order valence-corrected chi connectivity index (χ1v) is 40.9. The molecule has 0 saturated carbocycles. The molecule has 0 spiro atoms. The van der Waals surface area contributed by atoms with Gasteiger partial charge in [-0.15, -0.1) is 0 Å². The predicted octanol–water partition coefficient (Wildman–Crippen LogP) is -11.7. The summed E-state index contributed by atoms with van der Waals surface area (Å²) in [6, 6.07) is 4.21. The van der Waals surface area contributed by atoms with Gasteiger partial charge in [0.2, 0.25) is 82.7 Å².